The van der Waals surface area contributed by atoms with Gasteiger partial charge in [0.15, 0.2) is 11.6 Å². The highest BCUT2D eigenvalue weighted by Crippen LogP contribution is 2.25. The summed E-state index contributed by atoms with van der Waals surface area (Å²) in [5, 5.41) is 5.59. The molecule has 3 amide bonds. The Balaban J connectivity index is 1.73. The van der Waals surface area contributed by atoms with Gasteiger partial charge >= 0.3 is 0 Å². The molecule has 0 spiro atoms. The molecule has 3 rings (SSSR count). The molecule has 0 saturated carbocycles. The summed E-state index contributed by atoms with van der Waals surface area (Å²) in [4.78, 5) is 39.6. The van der Waals surface area contributed by atoms with Crippen LogP contribution in [-0.2, 0) is 9.59 Å². The molecular formula is C22H21Cl2F2N3O3. The predicted molar refractivity (Wildman–Crippen MR) is 116 cm³/mol. The zero-order valence-corrected chi connectivity index (χ0v) is 18.6. The third-order valence-corrected chi connectivity index (χ3v) is 6.06. The Kier molecular flexibility index (Phi) is 7.69. The van der Waals surface area contributed by atoms with Crippen molar-refractivity contribution >= 4 is 40.9 Å². The first-order valence-electron chi connectivity index (χ1n) is 9.92. The number of halogens is 4. The molecule has 2 unspecified atom stereocenters. The Labute approximate surface area is 193 Å². The largest absolute Gasteiger partial charge is 0.357 e. The average molecular weight is 484 g/mol. The molecule has 2 aromatic rings. The number of piperidine rings is 1. The molecule has 1 aliphatic rings. The number of hydrogen-bond acceptors (Lipinski definition) is 3. The van der Waals surface area contributed by atoms with Crippen LogP contribution in [0.25, 0.3) is 0 Å². The normalized spacial score (nSPS) is 16.9. The van der Waals surface area contributed by atoms with Gasteiger partial charge in [-0.15, -0.1) is 0 Å². The SMILES string of the molecule is CNC(=O)C(NC(=O)C1CCCN(C(=O)c2ccc(Cl)c(Cl)c2)C1)c1ccc(F)c(F)c1. The van der Waals surface area contributed by atoms with Crippen LogP contribution in [0.2, 0.25) is 10.0 Å². The van der Waals surface area contributed by atoms with E-state index in [1.54, 1.807) is 11.0 Å². The van der Waals surface area contributed by atoms with Crippen LogP contribution in [0.15, 0.2) is 36.4 Å². The summed E-state index contributed by atoms with van der Waals surface area (Å²) < 4.78 is 27.0. The summed E-state index contributed by atoms with van der Waals surface area (Å²) in [6.07, 6.45) is 1.09. The standard InChI is InChI=1S/C22H21Cl2F2N3O3/c1-27-21(31)19(12-5-7-17(25)18(26)10-12)28-20(30)14-3-2-8-29(11-14)22(32)13-4-6-15(23)16(24)9-13/h4-7,9-10,14,19H,2-3,8,11H2,1H3,(H,27,31)(H,28,30). The molecule has 0 aliphatic carbocycles. The highest BCUT2D eigenvalue weighted by molar-refractivity contribution is 6.42. The van der Waals surface area contributed by atoms with Crippen molar-refractivity contribution in [1.82, 2.24) is 15.5 Å². The van der Waals surface area contributed by atoms with Gasteiger partial charge in [-0.3, -0.25) is 14.4 Å². The molecule has 1 saturated heterocycles. The fourth-order valence-corrected chi connectivity index (χ4v) is 3.88. The molecule has 1 heterocycles. The number of nitrogens with one attached hydrogen (secondary N) is 2. The van der Waals surface area contributed by atoms with Crippen molar-refractivity contribution in [1.29, 1.82) is 0 Å². The van der Waals surface area contributed by atoms with Crippen molar-refractivity contribution in [3.63, 3.8) is 0 Å². The summed E-state index contributed by atoms with van der Waals surface area (Å²) in [5.74, 6) is -4.09. The van der Waals surface area contributed by atoms with Crippen LogP contribution in [0.1, 0.15) is 34.8 Å². The molecule has 6 nitrogen and oxygen atoms in total. The van der Waals surface area contributed by atoms with Crippen molar-refractivity contribution in [2.45, 2.75) is 18.9 Å². The Morgan fingerprint density at radius 2 is 1.81 bits per heavy atom. The van der Waals surface area contributed by atoms with E-state index in [1.165, 1.54) is 25.2 Å². The molecule has 0 radical (unpaired) electrons. The molecule has 2 N–H and O–H groups in total. The van der Waals surface area contributed by atoms with Crippen LogP contribution in [0.4, 0.5) is 8.78 Å². The number of carbonyl (C=O) groups excluding carboxylic acids is 3. The van der Waals surface area contributed by atoms with Crippen molar-refractivity contribution in [2.24, 2.45) is 5.92 Å². The number of hydrogen-bond donors (Lipinski definition) is 2. The number of likely N-dealkylation sites (N-methyl/N-ethyl adjacent to an activating group) is 1. The lowest BCUT2D eigenvalue weighted by atomic mass is 9.95. The van der Waals surface area contributed by atoms with Gasteiger partial charge in [-0.05, 0) is 48.7 Å². The first-order chi connectivity index (χ1) is 15.2. The summed E-state index contributed by atoms with van der Waals surface area (Å²) in [6.45, 7) is 0.605. The van der Waals surface area contributed by atoms with Gasteiger partial charge in [0.05, 0.1) is 16.0 Å². The smallest absolute Gasteiger partial charge is 0.253 e. The second kappa shape index (κ2) is 10.3. The quantitative estimate of drug-likeness (QED) is 0.679. The van der Waals surface area contributed by atoms with Gasteiger partial charge in [-0.25, -0.2) is 8.78 Å². The van der Waals surface area contributed by atoms with E-state index in [1.807, 2.05) is 0 Å². The van der Waals surface area contributed by atoms with Gasteiger partial charge in [0.2, 0.25) is 11.8 Å². The zero-order chi connectivity index (χ0) is 23.4. The first kappa shape index (κ1) is 23.9. The monoisotopic (exact) mass is 483 g/mol. The summed E-state index contributed by atoms with van der Waals surface area (Å²) in [7, 11) is 1.37. The Morgan fingerprint density at radius 1 is 1.06 bits per heavy atom. The third-order valence-electron chi connectivity index (χ3n) is 5.32. The summed E-state index contributed by atoms with van der Waals surface area (Å²) >= 11 is 11.9. The number of likely N-dealkylation sites (tertiary alicyclic amines) is 1. The van der Waals surface area contributed by atoms with E-state index in [0.29, 0.717) is 30.0 Å². The zero-order valence-electron chi connectivity index (χ0n) is 17.1. The maximum atomic E-state index is 13.7. The molecule has 32 heavy (non-hydrogen) atoms. The van der Waals surface area contributed by atoms with Crippen LogP contribution >= 0.6 is 23.2 Å². The van der Waals surface area contributed by atoms with Gasteiger partial charge in [0.25, 0.3) is 5.91 Å². The first-order valence-corrected chi connectivity index (χ1v) is 10.7. The molecule has 0 bridgehead atoms. The maximum Gasteiger partial charge on any atom is 0.253 e. The maximum absolute atomic E-state index is 13.7. The van der Waals surface area contributed by atoms with Gasteiger partial charge in [0.1, 0.15) is 6.04 Å². The number of nitrogens with zero attached hydrogens (tertiary/aromatic N) is 1. The van der Waals surface area contributed by atoms with Crippen molar-refractivity contribution in [3.05, 3.63) is 69.2 Å². The van der Waals surface area contributed by atoms with Crippen LogP contribution in [-0.4, -0.2) is 42.8 Å². The van der Waals surface area contributed by atoms with Gasteiger partial charge in [-0.1, -0.05) is 29.3 Å². The minimum Gasteiger partial charge on any atom is -0.357 e. The van der Waals surface area contributed by atoms with Crippen LogP contribution in [0.3, 0.4) is 0 Å². The Bertz CT molecular complexity index is 1050. The molecule has 0 aromatic heterocycles. The lowest BCUT2D eigenvalue weighted by molar-refractivity contribution is -0.132. The van der Waals surface area contributed by atoms with Crippen molar-refractivity contribution in [3.8, 4) is 0 Å². The van der Waals surface area contributed by atoms with E-state index in [4.69, 9.17) is 23.2 Å². The average Bonchev–Trinajstić information content (AvgIpc) is 2.80. The molecular weight excluding hydrogens is 463 g/mol. The van der Waals surface area contributed by atoms with Crippen molar-refractivity contribution < 1.29 is 23.2 Å². The minimum atomic E-state index is -1.20. The highest BCUT2D eigenvalue weighted by atomic mass is 35.5. The number of amides is 3. The van der Waals surface area contributed by atoms with Gasteiger partial charge in [-0.2, -0.15) is 0 Å². The van der Waals surface area contributed by atoms with Crippen LogP contribution < -0.4 is 10.6 Å². The van der Waals surface area contributed by atoms with Crippen LogP contribution in [0, 0.1) is 17.6 Å². The summed E-state index contributed by atoms with van der Waals surface area (Å²) in [6, 6.07) is 6.36. The predicted octanol–water partition coefficient (Wildman–Crippen LogP) is 3.73. The van der Waals surface area contributed by atoms with E-state index in [-0.39, 0.29) is 23.0 Å². The Hall–Kier alpha value is -2.71. The fraction of sp³-hybridized carbons (Fsp3) is 0.318. The summed E-state index contributed by atoms with van der Waals surface area (Å²) in [5.41, 5.74) is 0.460. The molecule has 10 heteroatoms. The highest BCUT2D eigenvalue weighted by Gasteiger charge is 2.32. The fourth-order valence-electron chi connectivity index (χ4n) is 3.58. The number of benzene rings is 2. The van der Waals surface area contributed by atoms with E-state index >= 15 is 0 Å². The molecule has 2 atom stereocenters. The van der Waals surface area contributed by atoms with Gasteiger partial charge < -0.3 is 15.5 Å². The minimum absolute atomic E-state index is 0.108. The lowest BCUT2D eigenvalue weighted by Gasteiger charge is -2.33. The van der Waals surface area contributed by atoms with Crippen molar-refractivity contribution in [2.75, 3.05) is 20.1 Å². The Morgan fingerprint density at radius 3 is 2.47 bits per heavy atom. The second-order valence-corrected chi connectivity index (χ2v) is 8.26. The van der Waals surface area contributed by atoms with Gasteiger partial charge in [0, 0.05) is 25.7 Å². The van der Waals surface area contributed by atoms with E-state index < -0.39 is 35.4 Å². The van der Waals surface area contributed by atoms with E-state index in [2.05, 4.69) is 10.6 Å². The third kappa shape index (κ3) is 5.37. The second-order valence-electron chi connectivity index (χ2n) is 7.45. The van der Waals surface area contributed by atoms with Crippen LogP contribution in [0.5, 0.6) is 0 Å². The van der Waals surface area contributed by atoms with E-state index in [9.17, 15) is 23.2 Å². The topological polar surface area (TPSA) is 78.5 Å². The lowest BCUT2D eigenvalue weighted by Crippen LogP contribution is -2.48. The number of carbonyl (C=O) groups is 3. The molecule has 2 aromatic carbocycles. The molecule has 1 fully saturated rings. The number of rotatable bonds is 5. The molecule has 1 aliphatic heterocycles. The van der Waals surface area contributed by atoms with E-state index in [0.717, 1.165) is 12.1 Å². The molecule has 170 valence electrons.